The van der Waals surface area contributed by atoms with Crippen molar-refractivity contribution in [2.75, 3.05) is 24.1 Å². The molecule has 1 saturated heterocycles. The summed E-state index contributed by atoms with van der Waals surface area (Å²) < 4.78 is 0. The normalized spacial score (nSPS) is 16.2. The molecule has 0 saturated carbocycles. The van der Waals surface area contributed by atoms with E-state index >= 15 is 0 Å². The molecule has 0 unspecified atom stereocenters. The van der Waals surface area contributed by atoms with Gasteiger partial charge in [0.2, 0.25) is 5.95 Å². The summed E-state index contributed by atoms with van der Waals surface area (Å²) in [5.41, 5.74) is 9.97. The fraction of sp³-hybridized carbons (Fsp3) is 0.444. The molecule has 3 aromatic heterocycles. The summed E-state index contributed by atoms with van der Waals surface area (Å²) in [6.45, 7) is 6.94. The monoisotopic (exact) mass is 352 g/mol. The van der Waals surface area contributed by atoms with Gasteiger partial charge in [-0.1, -0.05) is 0 Å². The van der Waals surface area contributed by atoms with Gasteiger partial charge in [0.25, 0.3) is 0 Å². The first kappa shape index (κ1) is 16.7. The first-order valence-corrected chi connectivity index (χ1v) is 8.97. The van der Waals surface area contributed by atoms with Gasteiger partial charge in [0.05, 0.1) is 5.39 Å². The summed E-state index contributed by atoms with van der Waals surface area (Å²) in [7, 11) is 0. The number of nitrogens with zero attached hydrogens (tertiary/aromatic N) is 5. The number of nitrogen functional groups attached to an aromatic ring is 1. The minimum Gasteiger partial charge on any atom is -0.383 e. The third kappa shape index (κ3) is 3.45. The number of pyridine rings is 1. The number of aryl methyl sites for hydroxylation is 2. The zero-order chi connectivity index (χ0) is 18.1. The quantitative estimate of drug-likeness (QED) is 0.659. The van der Waals surface area contributed by atoms with Crippen LogP contribution in [0.4, 0.5) is 11.8 Å². The molecule has 8 nitrogen and oxygen atoms in total. The Balaban J connectivity index is 1.43. The van der Waals surface area contributed by atoms with Crippen LogP contribution in [-0.2, 0) is 6.54 Å². The molecule has 0 amide bonds. The number of H-pyrrole nitrogens is 1. The summed E-state index contributed by atoms with van der Waals surface area (Å²) in [6, 6.07) is 4.37. The van der Waals surface area contributed by atoms with Crippen LogP contribution >= 0.6 is 0 Å². The molecule has 4 N–H and O–H groups in total. The Kier molecular flexibility index (Phi) is 4.42. The zero-order valence-electron chi connectivity index (χ0n) is 15.2. The van der Waals surface area contributed by atoms with Crippen molar-refractivity contribution < 1.29 is 0 Å². The molecule has 1 aliphatic rings. The Morgan fingerprint density at radius 2 is 2.04 bits per heavy atom. The Hall–Kier alpha value is -2.74. The van der Waals surface area contributed by atoms with Crippen LogP contribution in [0.1, 0.15) is 29.8 Å². The number of aromatic amines is 1. The number of nitrogens with one attached hydrogen (secondary N) is 2. The summed E-state index contributed by atoms with van der Waals surface area (Å²) in [4.78, 5) is 16.0. The van der Waals surface area contributed by atoms with Crippen LogP contribution < -0.4 is 11.1 Å². The third-order valence-electron chi connectivity index (χ3n) is 4.89. The van der Waals surface area contributed by atoms with Crippen molar-refractivity contribution in [3.63, 3.8) is 0 Å². The number of nitrogens with two attached hydrogens (primary N) is 1. The highest BCUT2D eigenvalue weighted by Crippen LogP contribution is 2.24. The number of rotatable bonds is 4. The van der Waals surface area contributed by atoms with Gasteiger partial charge in [0.15, 0.2) is 5.65 Å². The van der Waals surface area contributed by atoms with E-state index in [9.17, 15) is 0 Å². The Bertz CT molecular complexity index is 897. The molecule has 1 fully saturated rings. The Morgan fingerprint density at radius 3 is 2.77 bits per heavy atom. The summed E-state index contributed by atoms with van der Waals surface area (Å²) in [5, 5.41) is 11.3. The van der Waals surface area contributed by atoms with Crippen molar-refractivity contribution in [1.29, 1.82) is 0 Å². The van der Waals surface area contributed by atoms with Crippen LogP contribution in [-0.4, -0.2) is 49.2 Å². The highest BCUT2D eigenvalue weighted by molar-refractivity contribution is 5.89. The molecule has 0 aliphatic carbocycles. The smallest absolute Gasteiger partial charge is 0.226 e. The van der Waals surface area contributed by atoms with E-state index in [0.29, 0.717) is 23.5 Å². The Morgan fingerprint density at radius 1 is 1.23 bits per heavy atom. The fourth-order valence-electron chi connectivity index (χ4n) is 3.61. The second-order valence-electron chi connectivity index (χ2n) is 6.99. The summed E-state index contributed by atoms with van der Waals surface area (Å²) in [5.74, 6) is 1.05. The van der Waals surface area contributed by atoms with E-state index in [0.717, 1.165) is 54.8 Å². The number of piperidine rings is 1. The van der Waals surface area contributed by atoms with Crippen molar-refractivity contribution in [2.45, 2.75) is 39.3 Å². The molecule has 4 rings (SSSR count). The first-order chi connectivity index (χ1) is 12.6. The maximum Gasteiger partial charge on any atom is 0.226 e. The molecule has 0 atom stereocenters. The van der Waals surface area contributed by atoms with Crippen molar-refractivity contribution >= 4 is 22.8 Å². The van der Waals surface area contributed by atoms with Crippen molar-refractivity contribution in [3.8, 4) is 0 Å². The van der Waals surface area contributed by atoms with Crippen LogP contribution in [0.25, 0.3) is 11.0 Å². The van der Waals surface area contributed by atoms with Gasteiger partial charge >= 0.3 is 0 Å². The zero-order valence-corrected chi connectivity index (χ0v) is 15.2. The molecule has 26 heavy (non-hydrogen) atoms. The van der Waals surface area contributed by atoms with Crippen LogP contribution in [0.2, 0.25) is 0 Å². The lowest BCUT2D eigenvalue weighted by Gasteiger charge is -2.32. The molecule has 0 radical (unpaired) electrons. The van der Waals surface area contributed by atoms with E-state index in [4.69, 9.17) is 5.73 Å². The average molecular weight is 352 g/mol. The van der Waals surface area contributed by atoms with Crippen LogP contribution in [0.15, 0.2) is 18.3 Å². The second-order valence-corrected chi connectivity index (χ2v) is 6.99. The topological polar surface area (TPSA) is 109 Å². The maximum absolute atomic E-state index is 6.16. The van der Waals surface area contributed by atoms with Gasteiger partial charge in [-0.25, -0.2) is 4.98 Å². The number of hydrogen-bond donors (Lipinski definition) is 3. The van der Waals surface area contributed by atoms with E-state index in [-0.39, 0.29) is 0 Å². The van der Waals surface area contributed by atoms with Crippen molar-refractivity contribution in [1.82, 2.24) is 30.0 Å². The summed E-state index contributed by atoms with van der Waals surface area (Å²) >= 11 is 0. The minimum absolute atomic E-state index is 0.343. The highest BCUT2D eigenvalue weighted by Gasteiger charge is 2.21. The molecule has 1 aliphatic heterocycles. The molecule has 0 spiro atoms. The van der Waals surface area contributed by atoms with Crippen LogP contribution in [0.5, 0.6) is 0 Å². The van der Waals surface area contributed by atoms with E-state index in [2.05, 4.69) is 35.4 Å². The van der Waals surface area contributed by atoms with Gasteiger partial charge in [-0.2, -0.15) is 15.1 Å². The van der Waals surface area contributed by atoms with E-state index in [1.807, 2.05) is 26.0 Å². The number of hydrogen-bond acceptors (Lipinski definition) is 7. The summed E-state index contributed by atoms with van der Waals surface area (Å²) in [6.07, 6.45) is 3.87. The molecule has 136 valence electrons. The number of aromatic nitrogens is 5. The lowest BCUT2D eigenvalue weighted by atomic mass is 10.1. The van der Waals surface area contributed by atoms with Gasteiger partial charge in [0, 0.05) is 43.3 Å². The van der Waals surface area contributed by atoms with E-state index in [1.54, 1.807) is 6.20 Å². The maximum atomic E-state index is 6.16. The van der Waals surface area contributed by atoms with Crippen molar-refractivity contribution in [3.05, 3.63) is 35.3 Å². The molecule has 0 aromatic carbocycles. The predicted octanol–water partition coefficient (Wildman–Crippen LogP) is 2.02. The van der Waals surface area contributed by atoms with Gasteiger partial charge < -0.3 is 11.1 Å². The van der Waals surface area contributed by atoms with E-state index < -0.39 is 0 Å². The van der Waals surface area contributed by atoms with Crippen molar-refractivity contribution in [2.24, 2.45) is 0 Å². The third-order valence-corrected chi connectivity index (χ3v) is 4.89. The minimum atomic E-state index is 0.343. The standard InChI is InChI=1S/C18H24N8/c1-11-9-12(2)21-17-15(11)16(19)23-18(24-17)22-13-4-7-26(8-5-13)10-14-3-6-20-25-14/h3,6,9,13H,4-5,7-8,10H2,1-2H3,(H,20,25)(H3,19,21,22,23,24). The van der Waals surface area contributed by atoms with Gasteiger partial charge in [-0.15, -0.1) is 0 Å². The average Bonchev–Trinajstić information content (AvgIpc) is 3.08. The Labute approximate surface area is 152 Å². The predicted molar refractivity (Wildman–Crippen MR) is 102 cm³/mol. The number of anilines is 2. The molecular weight excluding hydrogens is 328 g/mol. The van der Waals surface area contributed by atoms with Gasteiger partial charge in [-0.05, 0) is 44.4 Å². The number of likely N-dealkylation sites (tertiary alicyclic amines) is 1. The first-order valence-electron chi connectivity index (χ1n) is 8.97. The highest BCUT2D eigenvalue weighted by atomic mass is 15.2. The van der Waals surface area contributed by atoms with Gasteiger partial charge in [0.1, 0.15) is 5.82 Å². The lowest BCUT2D eigenvalue weighted by molar-refractivity contribution is 0.209. The molecular formula is C18H24N8. The lowest BCUT2D eigenvalue weighted by Crippen LogP contribution is -2.39. The second kappa shape index (κ2) is 6.87. The van der Waals surface area contributed by atoms with E-state index in [1.165, 1.54) is 0 Å². The van der Waals surface area contributed by atoms with Gasteiger partial charge in [-0.3, -0.25) is 10.00 Å². The number of fused-ring (bicyclic) bond motifs is 1. The fourth-order valence-corrected chi connectivity index (χ4v) is 3.61. The van der Waals surface area contributed by atoms with Crippen LogP contribution in [0.3, 0.4) is 0 Å². The van der Waals surface area contributed by atoms with Crippen LogP contribution in [0, 0.1) is 13.8 Å². The molecule has 8 heteroatoms. The largest absolute Gasteiger partial charge is 0.383 e. The molecule has 0 bridgehead atoms. The molecule has 3 aromatic rings. The SMILES string of the molecule is Cc1cc(C)c2c(N)nc(NC3CCN(Cc4ccn[nH]4)CC3)nc2n1. The molecule has 4 heterocycles.